The van der Waals surface area contributed by atoms with Gasteiger partial charge in [-0.25, -0.2) is 0 Å². The van der Waals surface area contributed by atoms with Crippen molar-refractivity contribution in [2.24, 2.45) is 5.92 Å². The summed E-state index contributed by atoms with van der Waals surface area (Å²) in [7, 11) is 0. The summed E-state index contributed by atoms with van der Waals surface area (Å²) in [6, 6.07) is 9.21. The van der Waals surface area contributed by atoms with Crippen molar-refractivity contribution in [1.82, 2.24) is 5.32 Å². The number of hydrogen-bond acceptors (Lipinski definition) is 2. The Balaban J connectivity index is 1.98. The normalized spacial score (nSPS) is 26.5. The Labute approximate surface area is 91.3 Å². The van der Waals surface area contributed by atoms with Crippen LogP contribution in [0.2, 0.25) is 0 Å². The van der Waals surface area contributed by atoms with Crippen LogP contribution in [0.15, 0.2) is 24.3 Å². The fraction of sp³-hybridized carbons (Fsp3) is 0.538. The van der Waals surface area contributed by atoms with Crippen LogP contribution in [0.3, 0.4) is 0 Å². The zero-order valence-corrected chi connectivity index (χ0v) is 9.24. The Hall–Kier alpha value is -0.860. The van der Waals surface area contributed by atoms with Crippen LogP contribution in [-0.4, -0.2) is 18.3 Å². The highest BCUT2D eigenvalue weighted by molar-refractivity contribution is 5.24. The molecule has 2 N–H and O–H groups in total. The lowest BCUT2D eigenvalue weighted by molar-refractivity contribution is 0.184. The molecular formula is C13H19NO. The predicted molar refractivity (Wildman–Crippen MR) is 61.7 cm³/mol. The van der Waals surface area contributed by atoms with Gasteiger partial charge in [-0.2, -0.15) is 0 Å². The lowest BCUT2D eigenvalue weighted by Gasteiger charge is -2.29. The molecule has 2 atom stereocenters. The summed E-state index contributed by atoms with van der Waals surface area (Å²) in [5.41, 5.74) is 2.68. The van der Waals surface area contributed by atoms with Crippen LogP contribution in [0.1, 0.15) is 30.0 Å². The van der Waals surface area contributed by atoms with Gasteiger partial charge in [0.25, 0.3) is 0 Å². The summed E-state index contributed by atoms with van der Waals surface area (Å²) >= 11 is 0. The van der Waals surface area contributed by atoms with Crippen molar-refractivity contribution < 1.29 is 5.11 Å². The molecular weight excluding hydrogens is 186 g/mol. The molecule has 1 aliphatic rings. The van der Waals surface area contributed by atoms with Gasteiger partial charge in [-0.1, -0.05) is 29.8 Å². The van der Waals surface area contributed by atoms with Crippen LogP contribution in [-0.2, 0) is 0 Å². The largest absolute Gasteiger partial charge is 0.396 e. The molecule has 0 amide bonds. The molecule has 0 bridgehead atoms. The predicted octanol–water partition coefficient (Wildman–Crippen LogP) is 2.03. The maximum atomic E-state index is 9.04. The highest BCUT2D eigenvalue weighted by atomic mass is 16.3. The van der Waals surface area contributed by atoms with Crippen molar-refractivity contribution >= 4 is 0 Å². The van der Waals surface area contributed by atoms with Gasteiger partial charge >= 0.3 is 0 Å². The lowest BCUT2D eigenvalue weighted by atomic mass is 9.91. The van der Waals surface area contributed by atoms with Gasteiger partial charge in [-0.3, -0.25) is 0 Å². The minimum absolute atomic E-state index is 0.313. The minimum Gasteiger partial charge on any atom is -0.396 e. The third kappa shape index (κ3) is 2.58. The third-order valence-electron chi connectivity index (χ3n) is 3.25. The standard InChI is InChI=1S/C13H19NO/c1-10-2-5-12(6-3-10)13-7-4-11(9-15)8-14-13/h2-3,5-6,11,13-15H,4,7-9H2,1H3. The molecule has 0 saturated carbocycles. The van der Waals surface area contributed by atoms with Crippen molar-refractivity contribution in [2.75, 3.05) is 13.2 Å². The van der Waals surface area contributed by atoms with Gasteiger partial charge in [0.1, 0.15) is 0 Å². The molecule has 0 radical (unpaired) electrons. The van der Waals surface area contributed by atoms with Gasteiger partial charge in [0.2, 0.25) is 0 Å². The molecule has 0 aromatic heterocycles. The van der Waals surface area contributed by atoms with E-state index in [-0.39, 0.29) is 0 Å². The van der Waals surface area contributed by atoms with Crippen LogP contribution < -0.4 is 5.32 Å². The second kappa shape index (κ2) is 4.77. The second-order valence-electron chi connectivity index (χ2n) is 4.50. The Morgan fingerprint density at radius 3 is 2.53 bits per heavy atom. The Morgan fingerprint density at radius 2 is 2.00 bits per heavy atom. The van der Waals surface area contributed by atoms with Gasteiger partial charge in [0.05, 0.1) is 0 Å². The van der Waals surface area contributed by atoms with E-state index >= 15 is 0 Å². The van der Waals surface area contributed by atoms with Crippen molar-refractivity contribution in [3.05, 3.63) is 35.4 Å². The van der Waals surface area contributed by atoms with E-state index in [1.165, 1.54) is 11.1 Å². The summed E-state index contributed by atoms with van der Waals surface area (Å²) in [5, 5.41) is 12.5. The van der Waals surface area contributed by atoms with E-state index in [0.29, 0.717) is 18.6 Å². The third-order valence-corrected chi connectivity index (χ3v) is 3.25. The van der Waals surface area contributed by atoms with Crippen LogP contribution >= 0.6 is 0 Å². The summed E-state index contributed by atoms with van der Waals surface area (Å²) in [4.78, 5) is 0. The summed E-state index contributed by atoms with van der Waals surface area (Å²) in [6.45, 7) is 3.36. The van der Waals surface area contributed by atoms with E-state index < -0.39 is 0 Å². The van der Waals surface area contributed by atoms with E-state index in [1.807, 2.05) is 0 Å². The Morgan fingerprint density at radius 1 is 1.27 bits per heavy atom. The van der Waals surface area contributed by atoms with Gasteiger partial charge in [-0.05, 0) is 31.2 Å². The first-order valence-electron chi connectivity index (χ1n) is 5.70. The van der Waals surface area contributed by atoms with Crippen LogP contribution in [0.25, 0.3) is 0 Å². The average molecular weight is 205 g/mol. The first-order chi connectivity index (χ1) is 7.29. The zero-order chi connectivity index (χ0) is 10.7. The number of piperidine rings is 1. The molecule has 0 spiro atoms. The Kier molecular flexibility index (Phi) is 3.39. The van der Waals surface area contributed by atoms with E-state index in [1.54, 1.807) is 0 Å². The number of rotatable bonds is 2. The summed E-state index contributed by atoms with van der Waals surface area (Å²) < 4.78 is 0. The van der Waals surface area contributed by atoms with Gasteiger partial charge in [-0.15, -0.1) is 0 Å². The van der Waals surface area contributed by atoms with Gasteiger partial charge in [0, 0.05) is 19.2 Å². The minimum atomic E-state index is 0.313. The van der Waals surface area contributed by atoms with Crippen molar-refractivity contribution in [1.29, 1.82) is 0 Å². The molecule has 2 unspecified atom stereocenters. The number of nitrogens with one attached hydrogen (secondary N) is 1. The molecule has 1 fully saturated rings. The van der Waals surface area contributed by atoms with Crippen molar-refractivity contribution in [3.63, 3.8) is 0 Å². The molecule has 1 aliphatic heterocycles. The highest BCUT2D eigenvalue weighted by Gasteiger charge is 2.20. The molecule has 1 heterocycles. The molecule has 82 valence electrons. The van der Waals surface area contributed by atoms with E-state index in [0.717, 1.165) is 19.4 Å². The first-order valence-corrected chi connectivity index (χ1v) is 5.70. The molecule has 2 heteroatoms. The lowest BCUT2D eigenvalue weighted by Crippen LogP contribution is -2.34. The van der Waals surface area contributed by atoms with Gasteiger partial charge < -0.3 is 10.4 Å². The van der Waals surface area contributed by atoms with E-state index in [4.69, 9.17) is 5.11 Å². The maximum Gasteiger partial charge on any atom is 0.0471 e. The topological polar surface area (TPSA) is 32.3 Å². The Bertz CT molecular complexity index is 299. The fourth-order valence-electron chi connectivity index (χ4n) is 2.15. The number of hydrogen-bond donors (Lipinski definition) is 2. The molecule has 1 aromatic rings. The fourth-order valence-corrected chi connectivity index (χ4v) is 2.15. The molecule has 1 aromatic carbocycles. The monoisotopic (exact) mass is 205 g/mol. The average Bonchev–Trinajstić information content (AvgIpc) is 2.30. The van der Waals surface area contributed by atoms with Crippen molar-refractivity contribution in [3.8, 4) is 0 Å². The molecule has 1 saturated heterocycles. The number of aliphatic hydroxyl groups is 1. The number of aryl methyl sites for hydroxylation is 1. The zero-order valence-electron chi connectivity index (χ0n) is 9.24. The van der Waals surface area contributed by atoms with Crippen LogP contribution in [0, 0.1) is 12.8 Å². The SMILES string of the molecule is Cc1ccc(C2CCC(CO)CN2)cc1. The second-order valence-corrected chi connectivity index (χ2v) is 4.50. The molecule has 2 nitrogen and oxygen atoms in total. The van der Waals surface area contributed by atoms with Gasteiger partial charge in [0.15, 0.2) is 0 Å². The number of benzene rings is 1. The summed E-state index contributed by atoms with van der Waals surface area (Å²) in [5.74, 6) is 0.451. The maximum absolute atomic E-state index is 9.04. The molecule has 2 rings (SSSR count). The quantitative estimate of drug-likeness (QED) is 0.774. The number of aliphatic hydroxyl groups excluding tert-OH is 1. The van der Waals surface area contributed by atoms with Crippen molar-refractivity contribution in [2.45, 2.75) is 25.8 Å². The molecule has 0 aliphatic carbocycles. The summed E-state index contributed by atoms with van der Waals surface area (Å²) in [6.07, 6.45) is 2.26. The van der Waals surface area contributed by atoms with E-state index in [9.17, 15) is 0 Å². The van der Waals surface area contributed by atoms with Crippen LogP contribution in [0.5, 0.6) is 0 Å². The van der Waals surface area contributed by atoms with E-state index in [2.05, 4.69) is 36.5 Å². The smallest absolute Gasteiger partial charge is 0.0471 e. The highest BCUT2D eigenvalue weighted by Crippen LogP contribution is 2.25. The van der Waals surface area contributed by atoms with Crippen LogP contribution in [0.4, 0.5) is 0 Å². The molecule has 15 heavy (non-hydrogen) atoms. The first kappa shape index (κ1) is 10.7.